The van der Waals surface area contributed by atoms with Gasteiger partial charge in [0.25, 0.3) is 5.91 Å². The molecule has 3 aromatic carbocycles. The van der Waals surface area contributed by atoms with Gasteiger partial charge in [-0.2, -0.15) is 9.97 Å². The number of amides is 1. The number of carbonyl (C=O) groups is 1. The summed E-state index contributed by atoms with van der Waals surface area (Å²) in [6.45, 7) is 0.366. The summed E-state index contributed by atoms with van der Waals surface area (Å²) >= 11 is 0. The van der Waals surface area contributed by atoms with Crippen LogP contribution in [0.15, 0.2) is 101 Å². The second-order valence-corrected chi connectivity index (χ2v) is 9.63. The molecule has 9 nitrogen and oxygen atoms in total. The Kier molecular flexibility index (Phi) is 5.71. The quantitative estimate of drug-likeness (QED) is 0.352. The lowest BCUT2D eigenvalue weighted by Crippen LogP contribution is -2.11. The number of carbonyl (C=O) groups excluding carboxylic acids is 1. The number of nitrogens with one attached hydrogen (secondary N) is 1. The first-order valence-electron chi connectivity index (χ1n) is 10.7. The second-order valence-electron chi connectivity index (χ2n) is 7.77. The van der Waals surface area contributed by atoms with Gasteiger partial charge in [0.1, 0.15) is 5.52 Å². The number of hydrogen-bond donors (Lipinski definition) is 2. The number of nitrogen functional groups attached to an aromatic ring is 1. The molecular formula is C25H20N6O3S. The van der Waals surface area contributed by atoms with E-state index in [0.29, 0.717) is 23.4 Å². The van der Waals surface area contributed by atoms with Crippen molar-refractivity contribution in [2.24, 2.45) is 0 Å². The van der Waals surface area contributed by atoms with Gasteiger partial charge in [-0.3, -0.25) is 4.79 Å². The van der Waals surface area contributed by atoms with E-state index in [4.69, 9.17) is 5.73 Å². The summed E-state index contributed by atoms with van der Waals surface area (Å²) in [6.07, 6.45) is 1.51. The van der Waals surface area contributed by atoms with Crippen molar-refractivity contribution in [1.82, 2.24) is 19.5 Å². The summed E-state index contributed by atoms with van der Waals surface area (Å²) in [4.78, 5) is 25.0. The van der Waals surface area contributed by atoms with E-state index in [1.54, 1.807) is 59.2 Å². The molecule has 0 aliphatic rings. The molecule has 0 bridgehead atoms. The topological polar surface area (TPSA) is 133 Å². The average molecular weight is 485 g/mol. The monoisotopic (exact) mass is 484 g/mol. The van der Waals surface area contributed by atoms with Gasteiger partial charge in [0.2, 0.25) is 15.8 Å². The molecule has 2 heterocycles. The number of anilines is 2. The lowest BCUT2D eigenvalue weighted by Gasteiger charge is -2.09. The van der Waals surface area contributed by atoms with Gasteiger partial charge < -0.3 is 15.6 Å². The van der Waals surface area contributed by atoms with Crippen LogP contribution in [0.4, 0.5) is 11.6 Å². The molecule has 2 aromatic heterocycles. The SMILES string of the molecule is Nc1nc(S(=O)(=O)c2ccccc2)c2ncn(Cc3ccc(NC(=O)c4ccccc4)cc3)c2n1. The van der Waals surface area contributed by atoms with Crippen LogP contribution in [-0.2, 0) is 16.4 Å². The van der Waals surface area contributed by atoms with Crippen molar-refractivity contribution in [2.45, 2.75) is 16.5 Å². The molecule has 174 valence electrons. The Hall–Kier alpha value is -4.57. The van der Waals surface area contributed by atoms with E-state index in [9.17, 15) is 13.2 Å². The molecule has 0 aliphatic carbocycles. The number of aromatic nitrogens is 4. The Balaban J connectivity index is 1.41. The number of rotatable bonds is 6. The molecule has 1 amide bonds. The zero-order chi connectivity index (χ0) is 24.4. The largest absolute Gasteiger partial charge is 0.368 e. The fourth-order valence-electron chi connectivity index (χ4n) is 3.63. The molecule has 10 heteroatoms. The van der Waals surface area contributed by atoms with Crippen molar-refractivity contribution in [3.05, 3.63) is 102 Å². The first-order valence-corrected chi connectivity index (χ1v) is 12.1. The minimum Gasteiger partial charge on any atom is -0.368 e. The van der Waals surface area contributed by atoms with Crippen LogP contribution in [0.5, 0.6) is 0 Å². The number of nitrogens with two attached hydrogens (primary N) is 1. The van der Waals surface area contributed by atoms with Gasteiger partial charge in [-0.05, 0) is 42.0 Å². The second kappa shape index (κ2) is 8.99. The third-order valence-electron chi connectivity index (χ3n) is 5.36. The number of benzene rings is 3. The predicted molar refractivity (Wildman–Crippen MR) is 132 cm³/mol. The van der Waals surface area contributed by atoms with E-state index in [1.807, 2.05) is 18.2 Å². The molecule has 0 fully saturated rings. The standard InChI is InChI=1S/C25H20N6O3S/c26-25-29-22-21(24(30-25)35(33,34)20-9-5-2-6-10-20)27-16-31(22)15-17-11-13-19(14-12-17)28-23(32)18-7-3-1-4-8-18/h1-14,16H,15H2,(H,28,32)(H2,26,29,30). The maximum Gasteiger partial charge on any atom is 0.255 e. The predicted octanol–water partition coefficient (Wildman–Crippen LogP) is 3.54. The summed E-state index contributed by atoms with van der Waals surface area (Å²) in [6, 6.07) is 24.3. The maximum absolute atomic E-state index is 13.2. The number of fused-ring (bicyclic) bond motifs is 1. The van der Waals surface area contributed by atoms with E-state index in [-0.39, 0.29) is 27.3 Å². The molecule has 0 unspecified atom stereocenters. The molecule has 0 saturated carbocycles. The molecule has 5 aromatic rings. The fraction of sp³-hybridized carbons (Fsp3) is 0.0400. The molecule has 0 spiro atoms. The van der Waals surface area contributed by atoms with Crippen molar-refractivity contribution < 1.29 is 13.2 Å². The molecule has 5 rings (SSSR count). The van der Waals surface area contributed by atoms with Crippen LogP contribution in [-0.4, -0.2) is 33.8 Å². The van der Waals surface area contributed by atoms with Crippen molar-refractivity contribution in [2.75, 3.05) is 11.1 Å². The van der Waals surface area contributed by atoms with Crippen LogP contribution >= 0.6 is 0 Å². The first kappa shape index (κ1) is 22.2. The van der Waals surface area contributed by atoms with Gasteiger partial charge >= 0.3 is 0 Å². The molecule has 3 N–H and O–H groups in total. The van der Waals surface area contributed by atoms with Gasteiger partial charge in [0.15, 0.2) is 10.7 Å². The Morgan fingerprint density at radius 3 is 2.23 bits per heavy atom. The van der Waals surface area contributed by atoms with Crippen LogP contribution in [0.3, 0.4) is 0 Å². The Morgan fingerprint density at radius 1 is 0.886 bits per heavy atom. The zero-order valence-electron chi connectivity index (χ0n) is 18.4. The maximum atomic E-state index is 13.2. The van der Waals surface area contributed by atoms with E-state index in [0.717, 1.165) is 5.56 Å². The van der Waals surface area contributed by atoms with Crippen molar-refractivity contribution in [3.8, 4) is 0 Å². The minimum atomic E-state index is -3.93. The highest BCUT2D eigenvalue weighted by molar-refractivity contribution is 7.91. The number of nitrogens with zero attached hydrogens (tertiary/aromatic N) is 4. The fourth-order valence-corrected chi connectivity index (χ4v) is 4.98. The summed E-state index contributed by atoms with van der Waals surface area (Å²) in [5.41, 5.74) is 8.45. The van der Waals surface area contributed by atoms with Gasteiger partial charge in [-0.15, -0.1) is 0 Å². The highest BCUT2D eigenvalue weighted by Gasteiger charge is 2.26. The van der Waals surface area contributed by atoms with E-state index < -0.39 is 9.84 Å². The van der Waals surface area contributed by atoms with Crippen LogP contribution in [0.1, 0.15) is 15.9 Å². The van der Waals surface area contributed by atoms with E-state index in [2.05, 4.69) is 20.3 Å². The van der Waals surface area contributed by atoms with Gasteiger partial charge in [0.05, 0.1) is 17.8 Å². The van der Waals surface area contributed by atoms with Crippen molar-refractivity contribution in [1.29, 1.82) is 0 Å². The zero-order valence-corrected chi connectivity index (χ0v) is 19.2. The van der Waals surface area contributed by atoms with Gasteiger partial charge in [-0.25, -0.2) is 13.4 Å². The molecule has 0 saturated heterocycles. The highest BCUT2D eigenvalue weighted by atomic mass is 32.2. The minimum absolute atomic E-state index is 0.0992. The van der Waals surface area contributed by atoms with Crippen LogP contribution < -0.4 is 11.1 Å². The third-order valence-corrected chi connectivity index (χ3v) is 7.04. The van der Waals surface area contributed by atoms with Crippen molar-refractivity contribution in [3.63, 3.8) is 0 Å². The summed E-state index contributed by atoms with van der Waals surface area (Å²) < 4.78 is 28.0. The lowest BCUT2D eigenvalue weighted by atomic mass is 10.2. The Bertz CT molecular complexity index is 1620. The summed E-state index contributed by atoms with van der Waals surface area (Å²) in [5.74, 6) is -0.356. The van der Waals surface area contributed by atoms with Crippen LogP contribution in [0.2, 0.25) is 0 Å². The normalized spacial score (nSPS) is 11.4. The lowest BCUT2D eigenvalue weighted by molar-refractivity contribution is 0.102. The Labute approximate surface area is 201 Å². The third kappa shape index (κ3) is 4.46. The Morgan fingerprint density at radius 2 is 1.54 bits per heavy atom. The van der Waals surface area contributed by atoms with Crippen LogP contribution in [0, 0.1) is 0 Å². The molecule has 0 atom stereocenters. The summed E-state index contributed by atoms with van der Waals surface area (Å²) in [7, 11) is -3.93. The molecule has 0 radical (unpaired) electrons. The molecule has 35 heavy (non-hydrogen) atoms. The van der Waals surface area contributed by atoms with Crippen molar-refractivity contribution >= 4 is 38.5 Å². The molecule has 0 aliphatic heterocycles. The van der Waals surface area contributed by atoms with Gasteiger partial charge in [0, 0.05) is 11.3 Å². The van der Waals surface area contributed by atoms with Crippen LogP contribution in [0.25, 0.3) is 11.2 Å². The molecular weight excluding hydrogens is 464 g/mol. The van der Waals surface area contributed by atoms with E-state index >= 15 is 0 Å². The average Bonchev–Trinajstić information content (AvgIpc) is 3.27. The van der Waals surface area contributed by atoms with Gasteiger partial charge in [-0.1, -0.05) is 48.5 Å². The highest BCUT2D eigenvalue weighted by Crippen LogP contribution is 2.26. The summed E-state index contributed by atoms with van der Waals surface area (Å²) in [5, 5.41) is 2.63. The number of sulfone groups is 1. The first-order chi connectivity index (χ1) is 16.9. The van der Waals surface area contributed by atoms with E-state index in [1.165, 1.54) is 18.5 Å². The number of hydrogen-bond acceptors (Lipinski definition) is 7. The number of imidazole rings is 1. The smallest absolute Gasteiger partial charge is 0.255 e.